The molecule has 0 aromatic carbocycles. The molecule has 0 heterocycles. The summed E-state index contributed by atoms with van der Waals surface area (Å²) in [6.45, 7) is 6.55. The van der Waals surface area contributed by atoms with E-state index in [0.29, 0.717) is 19.3 Å². The monoisotopic (exact) mass is 935 g/mol. The Hall–Kier alpha value is -3.15. The van der Waals surface area contributed by atoms with Gasteiger partial charge in [-0.25, -0.2) is 0 Å². The van der Waals surface area contributed by atoms with Crippen molar-refractivity contribution in [1.82, 2.24) is 0 Å². The maximum absolute atomic E-state index is 12.8. The van der Waals surface area contributed by atoms with Gasteiger partial charge in [-0.15, -0.1) is 0 Å². The summed E-state index contributed by atoms with van der Waals surface area (Å²) >= 11 is 0. The van der Waals surface area contributed by atoms with Crippen molar-refractivity contribution in [2.24, 2.45) is 0 Å². The van der Waals surface area contributed by atoms with Gasteiger partial charge < -0.3 is 14.2 Å². The summed E-state index contributed by atoms with van der Waals surface area (Å²) in [7, 11) is 0. The lowest BCUT2D eigenvalue weighted by molar-refractivity contribution is -0.167. The number of carbonyl (C=O) groups is 3. The van der Waals surface area contributed by atoms with Gasteiger partial charge in [0.2, 0.25) is 0 Å². The molecule has 0 saturated heterocycles. The molecule has 0 rings (SSSR count). The normalized spacial score (nSPS) is 12.6. The first-order valence-electron chi connectivity index (χ1n) is 28.4. The van der Waals surface area contributed by atoms with Gasteiger partial charge in [0.1, 0.15) is 13.2 Å². The minimum absolute atomic E-state index is 0.0926. The second kappa shape index (κ2) is 55.4. The molecular formula is C61H106O6. The smallest absolute Gasteiger partial charge is 0.306 e. The van der Waals surface area contributed by atoms with Crippen molar-refractivity contribution < 1.29 is 28.6 Å². The van der Waals surface area contributed by atoms with Crippen LogP contribution in [0, 0.1) is 0 Å². The molecule has 386 valence electrons. The Balaban J connectivity index is 4.45. The standard InChI is InChI=1S/C61H106O6/c1-4-7-10-13-16-19-22-25-28-30-33-36-39-42-45-48-51-54-60(63)66-57-58(56-65-59(62)53-50-47-44-41-38-35-32-27-24-21-18-15-12-9-6-3)67-61(64)55-52-49-46-43-40-37-34-31-29-26-23-20-17-14-11-8-5-2/h17-18,20-21,25-29,32,38,41,58H,4-16,19,22-24,30-31,33-37,39-40,42-57H2,1-3H3/b20-17-,21-18-,28-25-,29-26-,32-27-,41-38-/t58-/m1/s1. The average molecular weight is 936 g/mol. The number of hydrogen-bond donors (Lipinski definition) is 0. The molecule has 0 saturated carbocycles. The van der Waals surface area contributed by atoms with E-state index in [4.69, 9.17) is 14.2 Å². The van der Waals surface area contributed by atoms with E-state index >= 15 is 0 Å². The third kappa shape index (κ3) is 53.7. The highest BCUT2D eigenvalue weighted by molar-refractivity contribution is 5.71. The largest absolute Gasteiger partial charge is 0.462 e. The fourth-order valence-electron chi connectivity index (χ4n) is 7.83. The molecule has 0 aliphatic carbocycles. The van der Waals surface area contributed by atoms with Crippen molar-refractivity contribution in [1.29, 1.82) is 0 Å². The number of esters is 3. The Kier molecular flexibility index (Phi) is 52.8. The van der Waals surface area contributed by atoms with Crippen molar-refractivity contribution in [3.63, 3.8) is 0 Å². The van der Waals surface area contributed by atoms with Crippen LogP contribution in [0.5, 0.6) is 0 Å². The van der Waals surface area contributed by atoms with Crippen LogP contribution in [0.1, 0.15) is 278 Å². The first-order valence-corrected chi connectivity index (χ1v) is 28.4. The summed E-state index contributed by atoms with van der Waals surface area (Å²) in [5.74, 6) is -0.938. The molecule has 6 heteroatoms. The number of carbonyl (C=O) groups excluding carboxylic acids is 3. The molecule has 0 bridgehead atoms. The van der Waals surface area contributed by atoms with Crippen molar-refractivity contribution in [2.45, 2.75) is 284 Å². The van der Waals surface area contributed by atoms with Crippen LogP contribution in [0.15, 0.2) is 72.9 Å². The predicted octanol–water partition coefficient (Wildman–Crippen LogP) is 19.0. The summed E-state index contributed by atoms with van der Waals surface area (Å²) in [4.78, 5) is 38.1. The van der Waals surface area contributed by atoms with E-state index < -0.39 is 6.10 Å². The van der Waals surface area contributed by atoms with Crippen LogP contribution in [0.3, 0.4) is 0 Å². The van der Waals surface area contributed by atoms with Gasteiger partial charge in [-0.3, -0.25) is 14.4 Å². The number of rotatable bonds is 51. The summed E-state index contributed by atoms with van der Waals surface area (Å²) in [6.07, 6.45) is 70.3. The van der Waals surface area contributed by atoms with Gasteiger partial charge in [-0.1, -0.05) is 216 Å². The quantitative estimate of drug-likeness (QED) is 0.0262. The van der Waals surface area contributed by atoms with Crippen LogP contribution < -0.4 is 0 Å². The average Bonchev–Trinajstić information content (AvgIpc) is 3.33. The molecule has 0 spiro atoms. The molecule has 0 fully saturated rings. The fraction of sp³-hybridized carbons (Fsp3) is 0.754. The summed E-state index contributed by atoms with van der Waals surface area (Å²) < 4.78 is 16.8. The molecule has 0 aliphatic rings. The fourth-order valence-corrected chi connectivity index (χ4v) is 7.83. The minimum Gasteiger partial charge on any atom is -0.462 e. The maximum atomic E-state index is 12.8. The zero-order chi connectivity index (χ0) is 48.6. The second-order valence-electron chi connectivity index (χ2n) is 18.8. The summed E-state index contributed by atoms with van der Waals surface area (Å²) in [6, 6.07) is 0. The predicted molar refractivity (Wildman–Crippen MR) is 288 cm³/mol. The Labute approximate surface area is 414 Å². The molecule has 0 amide bonds. The molecule has 0 unspecified atom stereocenters. The molecule has 6 nitrogen and oxygen atoms in total. The highest BCUT2D eigenvalue weighted by Crippen LogP contribution is 2.14. The van der Waals surface area contributed by atoms with Crippen molar-refractivity contribution in [3.05, 3.63) is 72.9 Å². The molecule has 1 atom stereocenters. The number of ether oxygens (including phenoxy) is 3. The SMILES string of the molecule is CCCCC/C=C\C/C=C\C/C=C\CCCCC(=O)OC[C@H](COC(=O)CCCCCCCCC/C=C\CCCCCCCC)OC(=O)CCCCCCCCC/C=C\C/C=C\CCCCC. The summed E-state index contributed by atoms with van der Waals surface area (Å²) in [5, 5.41) is 0. The molecule has 67 heavy (non-hydrogen) atoms. The highest BCUT2D eigenvalue weighted by Gasteiger charge is 2.19. The maximum Gasteiger partial charge on any atom is 0.306 e. The Bertz CT molecular complexity index is 1260. The molecule has 0 aromatic heterocycles. The van der Waals surface area contributed by atoms with E-state index in [0.717, 1.165) is 83.5 Å². The molecular weight excluding hydrogens is 829 g/mol. The lowest BCUT2D eigenvalue weighted by Crippen LogP contribution is -2.30. The van der Waals surface area contributed by atoms with Crippen molar-refractivity contribution >= 4 is 17.9 Å². The molecule has 0 aliphatic heterocycles. The van der Waals surface area contributed by atoms with E-state index in [1.165, 1.54) is 154 Å². The van der Waals surface area contributed by atoms with Gasteiger partial charge in [0.25, 0.3) is 0 Å². The zero-order valence-electron chi connectivity index (χ0n) is 44.2. The summed E-state index contributed by atoms with van der Waals surface area (Å²) in [5.41, 5.74) is 0. The minimum atomic E-state index is -0.797. The second-order valence-corrected chi connectivity index (χ2v) is 18.8. The topological polar surface area (TPSA) is 78.9 Å². The van der Waals surface area contributed by atoms with Crippen LogP contribution in [-0.4, -0.2) is 37.2 Å². The van der Waals surface area contributed by atoms with Crippen LogP contribution in [0.4, 0.5) is 0 Å². The van der Waals surface area contributed by atoms with Crippen molar-refractivity contribution in [3.8, 4) is 0 Å². The van der Waals surface area contributed by atoms with Crippen LogP contribution in [0.2, 0.25) is 0 Å². The van der Waals surface area contributed by atoms with Gasteiger partial charge in [-0.2, -0.15) is 0 Å². The van der Waals surface area contributed by atoms with Crippen LogP contribution in [-0.2, 0) is 28.6 Å². The third-order valence-electron chi connectivity index (χ3n) is 12.2. The molecule has 0 radical (unpaired) electrons. The van der Waals surface area contributed by atoms with E-state index in [1.807, 2.05) is 0 Å². The number of allylic oxidation sites excluding steroid dienone is 12. The number of hydrogen-bond acceptors (Lipinski definition) is 6. The van der Waals surface area contributed by atoms with E-state index in [2.05, 4.69) is 93.7 Å². The third-order valence-corrected chi connectivity index (χ3v) is 12.2. The Morgan fingerprint density at radius 3 is 0.910 bits per heavy atom. The first kappa shape index (κ1) is 63.8. The Morgan fingerprint density at radius 1 is 0.299 bits per heavy atom. The molecule has 0 N–H and O–H groups in total. The van der Waals surface area contributed by atoms with E-state index in [-0.39, 0.29) is 31.1 Å². The van der Waals surface area contributed by atoms with Crippen LogP contribution in [0.25, 0.3) is 0 Å². The van der Waals surface area contributed by atoms with Crippen molar-refractivity contribution in [2.75, 3.05) is 13.2 Å². The first-order chi connectivity index (χ1) is 33.0. The van der Waals surface area contributed by atoms with Gasteiger partial charge in [0.15, 0.2) is 6.10 Å². The van der Waals surface area contributed by atoms with E-state index in [9.17, 15) is 14.4 Å². The van der Waals surface area contributed by atoms with Gasteiger partial charge >= 0.3 is 17.9 Å². The lowest BCUT2D eigenvalue weighted by Gasteiger charge is -2.18. The van der Waals surface area contributed by atoms with Gasteiger partial charge in [0.05, 0.1) is 0 Å². The van der Waals surface area contributed by atoms with Gasteiger partial charge in [0, 0.05) is 19.3 Å². The molecule has 0 aromatic rings. The number of unbranched alkanes of at least 4 members (excludes halogenated alkanes) is 28. The zero-order valence-corrected chi connectivity index (χ0v) is 44.2. The van der Waals surface area contributed by atoms with E-state index in [1.54, 1.807) is 0 Å². The van der Waals surface area contributed by atoms with Gasteiger partial charge in [-0.05, 0) is 116 Å². The Morgan fingerprint density at radius 2 is 0.537 bits per heavy atom. The van der Waals surface area contributed by atoms with Crippen LogP contribution >= 0.6 is 0 Å². The lowest BCUT2D eigenvalue weighted by atomic mass is 10.1. The highest BCUT2D eigenvalue weighted by atomic mass is 16.6.